The summed E-state index contributed by atoms with van der Waals surface area (Å²) in [5, 5.41) is 12.7. The maximum absolute atomic E-state index is 14.4. The van der Waals surface area contributed by atoms with Crippen LogP contribution in [0.1, 0.15) is 36.4 Å². The van der Waals surface area contributed by atoms with Crippen LogP contribution in [0.25, 0.3) is 0 Å². The Morgan fingerprint density at radius 3 is 2.45 bits per heavy atom. The number of likely N-dealkylation sites (tertiary alicyclic amines) is 1. The molecule has 44 heavy (non-hydrogen) atoms. The Kier molecular flexibility index (Phi) is 8.63. The molecule has 0 aromatic heterocycles. The molecule has 2 N–H and O–H groups in total. The quantitative estimate of drug-likeness (QED) is 0.386. The fraction of sp³-hybridized carbons (Fsp3) is 0.412. The molecule has 2 fully saturated rings. The van der Waals surface area contributed by atoms with Crippen molar-refractivity contribution >= 4 is 23.7 Å². The summed E-state index contributed by atoms with van der Waals surface area (Å²) in [6, 6.07) is 17.2. The molecule has 4 aliphatic heterocycles. The Hall–Kier alpha value is -4.28. The smallest absolute Gasteiger partial charge is 0.306 e. The lowest BCUT2D eigenvalue weighted by Crippen LogP contribution is -2.55. The van der Waals surface area contributed by atoms with Crippen LogP contribution in [-0.2, 0) is 35.2 Å². The van der Waals surface area contributed by atoms with Crippen molar-refractivity contribution in [2.45, 2.75) is 49.6 Å². The maximum atomic E-state index is 14.4. The molecule has 2 aromatic carbocycles. The Morgan fingerprint density at radius 1 is 0.955 bits per heavy atom. The molecule has 0 bridgehead atoms. The van der Waals surface area contributed by atoms with Crippen LogP contribution in [0.3, 0.4) is 0 Å². The van der Waals surface area contributed by atoms with Crippen molar-refractivity contribution in [1.29, 1.82) is 0 Å². The molecule has 1 spiro atoms. The summed E-state index contributed by atoms with van der Waals surface area (Å²) in [6.07, 6.45) is 7.16. The highest BCUT2D eigenvalue weighted by molar-refractivity contribution is 5.99. The number of ether oxygens (including phenoxy) is 2. The van der Waals surface area contributed by atoms with E-state index in [0.29, 0.717) is 19.5 Å². The first kappa shape index (κ1) is 29.8. The van der Waals surface area contributed by atoms with Gasteiger partial charge in [-0.15, -0.1) is 0 Å². The maximum Gasteiger partial charge on any atom is 0.306 e. The fourth-order valence-electron chi connectivity index (χ4n) is 6.91. The van der Waals surface area contributed by atoms with Gasteiger partial charge in [-0.3, -0.25) is 19.2 Å². The molecule has 3 amide bonds. The summed E-state index contributed by atoms with van der Waals surface area (Å²) in [6.45, 7) is 0.607. The number of benzene rings is 2. The third kappa shape index (κ3) is 5.55. The van der Waals surface area contributed by atoms with Crippen LogP contribution in [0.4, 0.5) is 0 Å². The van der Waals surface area contributed by atoms with Gasteiger partial charge in [0.2, 0.25) is 17.7 Å². The average molecular weight is 600 g/mol. The minimum absolute atomic E-state index is 0.0572. The zero-order valence-corrected chi connectivity index (χ0v) is 24.4. The van der Waals surface area contributed by atoms with E-state index in [2.05, 4.69) is 5.32 Å². The van der Waals surface area contributed by atoms with Crippen LogP contribution in [0.15, 0.2) is 85.0 Å². The summed E-state index contributed by atoms with van der Waals surface area (Å²) < 4.78 is 12.2. The van der Waals surface area contributed by atoms with Crippen LogP contribution in [-0.4, -0.2) is 82.6 Å². The minimum Gasteiger partial charge on any atom is -0.463 e. The lowest BCUT2D eigenvalue weighted by molar-refractivity contribution is -0.148. The number of aliphatic hydroxyl groups is 1. The lowest BCUT2D eigenvalue weighted by atomic mass is 9.77. The summed E-state index contributed by atoms with van der Waals surface area (Å²) in [7, 11) is 0. The molecule has 10 heteroatoms. The average Bonchev–Trinajstić information content (AvgIpc) is 3.42. The van der Waals surface area contributed by atoms with Crippen molar-refractivity contribution in [1.82, 2.24) is 15.1 Å². The van der Waals surface area contributed by atoms with Gasteiger partial charge in [0.15, 0.2) is 0 Å². The van der Waals surface area contributed by atoms with Gasteiger partial charge in [-0.05, 0) is 24.0 Å². The van der Waals surface area contributed by atoms with Gasteiger partial charge in [0.05, 0.1) is 24.0 Å². The molecular weight excluding hydrogens is 562 g/mol. The number of nitrogens with zero attached hydrogens (tertiary/aromatic N) is 2. The lowest BCUT2D eigenvalue weighted by Gasteiger charge is -2.35. The molecule has 6 atom stereocenters. The molecule has 4 heterocycles. The first-order valence-electron chi connectivity index (χ1n) is 15.2. The molecule has 0 aliphatic carbocycles. The third-order valence-electron chi connectivity index (χ3n) is 8.92. The van der Waals surface area contributed by atoms with E-state index in [9.17, 15) is 24.3 Å². The molecule has 0 saturated carbocycles. The largest absolute Gasteiger partial charge is 0.463 e. The van der Waals surface area contributed by atoms with Gasteiger partial charge in [0.1, 0.15) is 18.2 Å². The van der Waals surface area contributed by atoms with Gasteiger partial charge in [-0.25, -0.2) is 0 Å². The summed E-state index contributed by atoms with van der Waals surface area (Å²) in [4.78, 5) is 58.5. The second-order valence-corrected chi connectivity index (χ2v) is 11.7. The number of aliphatic hydroxyl groups excluding tert-OH is 1. The van der Waals surface area contributed by atoms with Crippen LogP contribution in [0, 0.1) is 11.8 Å². The summed E-state index contributed by atoms with van der Waals surface area (Å²) >= 11 is 0. The van der Waals surface area contributed by atoms with Crippen LogP contribution < -0.4 is 5.32 Å². The normalized spacial score (nSPS) is 31.2. The number of nitrogens with one attached hydrogen (secondary N) is 1. The van der Waals surface area contributed by atoms with E-state index in [-0.39, 0.29) is 50.4 Å². The molecule has 0 radical (unpaired) electrons. The number of carbonyl (C=O) groups is 4. The van der Waals surface area contributed by atoms with E-state index in [1.165, 1.54) is 4.90 Å². The summed E-state index contributed by atoms with van der Waals surface area (Å²) in [5.41, 5.74) is 0.321. The van der Waals surface area contributed by atoms with Crippen molar-refractivity contribution < 1.29 is 33.8 Å². The zero-order chi connectivity index (χ0) is 30.7. The molecule has 4 aliphatic rings. The monoisotopic (exact) mass is 599 g/mol. The van der Waals surface area contributed by atoms with Gasteiger partial charge < -0.3 is 29.7 Å². The van der Waals surface area contributed by atoms with E-state index in [4.69, 9.17) is 9.47 Å². The highest BCUT2D eigenvalue weighted by Crippen LogP contribution is 2.53. The van der Waals surface area contributed by atoms with E-state index >= 15 is 0 Å². The second-order valence-electron chi connectivity index (χ2n) is 11.7. The summed E-state index contributed by atoms with van der Waals surface area (Å²) in [5.74, 6) is -3.34. The Morgan fingerprint density at radius 2 is 1.70 bits per heavy atom. The first-order chi connectivity index (χ1) is 21.4. The molecule has 2 saturated heterocycles. The number of esters is 1. The Labute approximate surface area is 256 Å². The molecule has 0 unspecified atom stereocenters. The van der Waals surface area contributed by atoms with Crippen molar-refractivity contribution in [2.24, 2.45) is 11.8 Å². The minimum atomic E-state index is -1.39. The van der Waals surface area contributed by atoms with Crippen molar-refractivity contribution in [3.63, 3.8) is 0 Å². The highest BCUT2D eigenvalue weighted by Gasteiger charge is 2.71. The number of amides is 3. The molecule has 10 nitrogen and oxygen atoms in total. The Balaban J connectivity index is 1.39. The predicted molar refractivity (Wildman–Crippen MR) is 159 cm³/mol. The van der Waals surface area contributed by atoms with Gasteiger partial charge in [-0.2, -0.15) is 0 Å². The standard InChI is InChI=1S/C34H37N3O7/c38-20-10-19-37-30-33(42)36(21-23-11-3-1-4-12-23)18-9-17-34(30)29(32(37)41)28-26(44-34)15-7-8-16-27(39)43-22-25(35-31(28)40)24-13-5-2-6-14-24/h1-7,9,11-15,17,25-26,28-30,38H,8,10,16,18-22H2,(H,35,40)/b15-7-/t25-,26+,28-,29-,30+,34-/m0/s1. The first-order valence-corrected chi connectivity index (χ1v) is 15.2. The molecule has 2 aromatic rings. The van der Waals surface area contributed by atoms with Crippen LogP contribution in [0.2, 0.25) is 0 Å². The highest BCUT2D eigenvalue weighted by atomic mass is 16.5. The molecular formula is C34H37N3O7. The number of carbonyl (C=O) groups excluding carboxylic acids is 4. The van der Waals surface area contributed by atoms with Crippen molar-refractivity contribution in [2.75, 3.05) is 26.3 Å². The Bertz CT molecular complexity index is 1450. The van der Waals surface area contributed by atoms with E-state index in [0.717, 1.165) is 11.1 Å². The zero-order valence-electron chi connectivity index (χ0n) is 24.4. The number of hydrogen-bond acceptors (Lipinski definition) is 7. The van der Waals surface area contributed by atoms with E-state index in [1.807, 2.05) is 66.7 Å². The number of allylic oxidation sites excluding steroid dienone is 1. The SMILES string of the molecule is O=C1CC/C=C\[C@H]2O[C@]34C=CCN(Cc5ccccc5)C(=O)[C@H]3N(CCCO)C(=O)[C@@H]4[C@H]2C(=O)N[C@H](c2ccccc2)CO1. The second kappa shape index (κ2) is 12.8. The van der Waals surface area contributed by atoms with E-state index in [1.54, 1.807) is 23.1 Å². The number of fused-ring (bicyclic) bond motifs is 2. The predicted octanol–water partition coefficient (Wildman–Crippen LogP) is 2.30. The topological polar surface area (TPSA) is 125 Å². The van der Waals surface area contributed by atoms with Crippen molar-refractivity contribution in [3.05, 3.63) is 96.1 Å². The van der Waals surface area contributed by atoms with E-state index < -0.39 is 41.5 Å². The van der Waals surface area contributed by atoms with Crippen LogP contribution >= 0.6 is 0 Å². The van der Waals surface area contributed by atoms with Gasteiger partial charge >= 0.3 is 5.97 Å². The third-order valence-corrected chi connectivity index (χ3v) is 8.92. The molecule has 230 valence electrons. The fourth-order valence-corrected chi connectivity index (χ4v) is 6.91. The number of cyclic esters (lactones) is 1. The number of rotatable bonds is 6. The molecule has 6 rings (SSSR count). The van der Waals surface area contributed by atoms with Crippen LogP contribution in [0.5, 0.6) is 0 Å². The number of hydrogen-bond donors (Lipinski definition) is 2. The van der Waals surface area contributed by atoms with Crippen molar-refractivity contribution in [3.8, 4) is 0 Å². The van der Waals surface area contributed by atoms with Gasteiger partial charge in [-0.1, -0.05) is 85.0 Å². The van der Waals surface area contributed by atoms with Gasteiger partial charge in [0.25, 0.3) is 0 Å². The van der Waals surface area contributed by atoms with Gasteiger partial charge in [0, 0.05) is 32.7 Å².